The van der Waals surface area contributed by atoms with Crippen molar-refractivity contribution in [3.63, 3.8) is 0 Å². The maximum Gasteiger partial charge on any atom is 0.248 e. The predicted octanol–water partition coefficient (Wildman–Crippen LogP) is 3.78. The lowest BCUT2D eigenvalue weighted by Gasteiger charge is -2.33. The number of aryl methyl sites for hydroxylation is 2. The second-order valence-corrected chi connectivity index (χ2v) is 11.0. The van der Waals surface area contributed by atoms with E-state index in [1.54, 1.807) is 19.1 Å². The molecule has 1 N–H and O–H groups in total. The van der Waals surface area contributed by atoms with Gasteiger partial charge in [-0.05, 0) is 59.1 Å². The van der Waals surface area contributed by atoms with E-state index in [1.807, 2.05) is 52.0 Å². The average molecular weight is 446 g/mol. The molecular formula is C23H31N3O4S. The van der Waals surface area contributed by atoms with Gasteiger partial charge >= 0.3 is 0 Å². The number of nitrogens with zero attached hydrogens (tertiary/aromatic N) is 2. The number of hydrogen-bond acceptors (Lipinski definition) is 5. The van der Waals surface area contributed by atoms with E-state index >= 15 is 0 Å². The summed E-state index contributed by atoms with van der Waals surface area (Å²) in [5.41, 5.74) is 2.02. The van der Waals surface area contributed by atoms with E-state index in [1.165, 1.54) is 4.31 Å². The molecule has 31 heavy (non-hydrogen) atoms. The summed E-state index contributed by atoms with van der Waals surface area (Å²) in [4.78, 5) is 12.7. The molecule has 7 nitrogen and oxygen atoms in total. The first-order valence-corrected chi connectivity index (χ1v) is 11.9. The van der Waals surface area contributed by atoms with Crippen LogP contribution in [-0.4, -0.2) is 42.4 Å². The summed E-state index contributed by atoms with van der Waals surface area (Å²) in [5.74, 6) is -0.303. The summed E-state index contributed by atoms with van der Waals surface area (Å²) in [7, 11) is -3.86. The maximum atomic E-state index is 13.5. The van der Waals surface area contributed by atoms with Crippen LogP contribution in [0, 0.1) is 19.8 Å². The molecule has 0 saturated carbocycles. The Labute approximate surface area is 184 Å². The van der Waals surface area contributed by atoms with Crippen LogP contribution in [0.4, 0.5) is 0 Å². The molecule has 2 heterocycles. The molecule has 1 amide bonds. The molecule has 0 spiro atoms. The van der Waals surface area contributed by atoms with Crippen molar-refractivity contribution in [3.05, 3.63) is 46.8 Å². The lowest BCUT2D eigenvalue weighted by atomic mass is 9.97. The van der Waals surface area contributed by atoms with Crippen molar-refractivity contribution in [1.29, 1.82) is 0 Å². The topological polar surface area (TPSA) is 92.5 Å². The lowest BCUT2D eigenvalue weighted by Crippen LogP contribution is -2.49. The van der Waals surface area contributed by atoms with E-state index in [-0.39, 0.29) is 34.6 Å². The summed E-state index contributed by atoms with van der Waals surface area (Å²) in [6, 6.07) is 7.87. The lowest BCUT2D eigenvalue weighted by molar-refractivity contribution is -0.127. The first-order chi connectivity index (χ1) is 14.5. The zero-order chi connectivity index (χ0) is 22.8. The standard InChI is InChI=1S/C23H31N3O4S/c1-16-8-10-18(11-9-16)12-13-20-21(17(2)25-30-20)31(28,29)26-14-6-7-19(15-26)22(27)24-23(3,4)5/h8-13,19H,6-7,14-15H2,1-5H3,(H,24,27)/b13-12+/t19-/m0/s1. The summed E-state index contributed by atoms with van der Waals surface area (Å²) in [5, 5.41) is 6.85. The molecule has 168 valence electrons. The zero-order valence-corrected chi connectivity index (χ0v) is 19.6. The Morgan fingerprint density at radius 3 is 2.52 bits per heavy atom. The summed E-state index contributed by atoms with van der Waals surface area (Å²) in [6.07, 6.45) is 4.72. The van der Waals surface area contributed by atoms with E-state index in [0.717, 1.165) is 11.1 Å². The fraction of sp³-hybridized carbons (Fsp3) is 0.478. The van der Waals surface area contributed by atoms with E-state index in [4.69, 9.17) is 4.52 Å². The van der Waals surface area contributed by atoms with Crippen molar-refractivity contribution in [1.82, 2.24) is 14.8 Å². The van der Waals surface area contributed by atoms with Crippen LogP contribution in [0.3, 0.4) is 0 Å². The van der Waals surface area contributed by atoms with Gasteiger partial charge in [0.15, 0.2) is 10.7 Å². The molecule has 0 unspecified atom stereocenters. The van der Waals surface area contributed by atoms with Gasteiger partial charge in [0.05, 0.1) is 5.92 Å². The highest BCUT2D eigenvalue weighted by atomic mass is 32.2. The SMILES string of the molecule is Cc1ccc(/C=C/c2onc(C)c2S(=O)(=O)N2CCC[C@H](C(=O)NC(C)(C)C)C2)cc1. The minimum Gasteiger partial charge on any atom is -0.355 e. The first kappa shape index (κ1) is 23.2. The van der Waals surface area contributed by atoms with E-state index in [2.05, 4.69) is 10.5 Å². The zero-order valence-electron chi connectivity index (χ0n) is 18.8. The highest BCUT2D eigenvalue weighted by molar-refractivity contribution is 7.89. The number of carbonyl (C=O) groups excluding carboxylic acids is 1. The highest BCUT2D eigenvalue weighted by Gasteiger charge is 2.37. The Hall–Kier alpha value is -2.45. The number of benzene rings is 1. The predicted molar refractivity (Wildman–Crippen MR) is 121 cm³/mol. The molecule has 1 atom stereocenters. The minimum atomic E-state index is -3.86. The molecule has 1 aromatic carbocycles. The van der Waals surface area contributed by atoms with Crippen LogP contribution in [0.25, 0.3) is 12.2 Å². The Bertz CT molecular complexity index is 1060. The molecule has 0 radical (unpaired) electrons. The monoisotopic (exact) mass is 445 g/mol. The molecule has 0 aliphatic carbocycles. The van der Waals surface area contributed by atoms with Crippen molar-refractivity contribution < 1.29 is 17.7 Å². The largest absolute Gasteiger partial charge is 0.355 e. The quantitative estimate of drug-likeness (QED) is 0.756. The summed E-state index contributed by atoms with van der Waals surface area (Å²) >= 11 is 0. The van der Waals surface area contributed by atoms with Gasteiger partial charge in [0.25, 0.3) is 0 Å². The van der Waals surface area contributed by atoms with E-state index in [0.29, 0.717) is 25.1 Å². The van der Waals surface area contributed by atoms with Gasteiger partial charge in [0.2, 0.25) is 15.9 Å². The molecule has 1 aliphatic heterocycles. The van der Waals surface area contributed by atoms with Gasteiger partial charge in [-0.2, -0.15) is 4.31 Å². The second-order valence-electron chi connectivity index (χ2n) is 9.15. The van der Waals surface area contributed by atoms with Crippen LogP contribution in [0.15, 0.2) is 33.7 Å². The third-order valence-corrected chi connectivity index (χ3v) is 7.21. The van der Waals surface area contributed by atoms with Crippen LogP contribution in [0.5, 0.6) is 0 Å². The molecule has 1 fully saturated rings. The van der Waals surface area contributed by atoms with E-state index in [9.17, 15) is 13.2 Å². The number of sulfonamides is 1. The average Bonchev–Trinajstić information content (AvgIpc) is 3.07. The molecule has 3 rings (SSSR count). The number of amides is 1. The normalized spacial score (nSPS) is 18.4. The van der Waals surface area contributed by atoms with Crippen molar-refractivity contribution in [3.8, 4) is 0 Å². The Morgan fingerprint density at radius 2 is 1.87 bits per heavy atom. The molecule has 8 heteroatoms. The van der Waals surface area contributed by atoms with Gasteiger partial charge in [-0.25, -0.2) is 8.42 Å². The molecule has 1 saturated heterocycles. The Morgan fingerprint density at radius 1 is 1.19 bits per heavy atom. The number of aromatic nitrogens is 1. The highest BCUT2D eigenvalue weighted by Crippen LogP contribution is 2.29. The Kier molecular flexibility index (Phi) is 6.71. The molecule has 2 aromatic rings. The van der Waals surface area contributed by atoms with Crippen molar-refractivity contribution in [2.75, 3.05) is 13.1 Å². The van der Waals surface area contributed by atoms with Gasteiger partial charge < -0.3 is 9.84 Å². The minimum absolute atomic E-state index is 0.0627. The van der Waals surface area contributed by atoms with Crippen LogP contribution < -0.4 is 5.32 Å². The van der Waals surface area contributed by atoms with Crippen molar-refractivity contribution in [2.45, 2.75) is 57.9 Å². The van der Waals surface area contributed by atoms with Gasteiger partial charge in [-0.15, -0.1) is 0 Å². The van der Waals surface area contributed by atoms with Gasteiger partial charge in [0.1, 0.15) is 5.69 Å². The van der Waals surface area contributed by atoms with Crippen LogP contribution in [-0.2, 0) is 14.8 Å². The fourth-order valence-corrected chi connectivity index (χ4v) is 5.40. The van der Waals surface area contributed by atoms with Gasteiger partial charge in [0, 0.05) is 18.6 Å². The van der Waals surface area contributed by atoms with Crippen LogP contribution in [0.1, 0.15) is 56.2 Å². The fourth-order valence-electron chi connectivity index (χ4n) is 3.62. The Balaban J connectivity index is 1.84. The number of piperidine rings is 1. The molecular weight excluding hydrogens is 414 g/mol. The number of carbonyl (C=O) groups is 1. The van der Waals surface area contributed by atoms with Crippen molar-refractivity contribution >= 4 is 28.1 Å². The number of rotatable bonds is 5. The smallest absolute Gasteiger partial charge is 0.248 e. The van der Waals surface area contributed by atoms with Gasteiger partial charge in [-0.1, -0.05) is 41.1 Å². The molecule has 1 aromatic heterocycles. The molecule has 1 aliphatic rings. The number of hydrogen-bond donors (Lipinski definition) is 1. The molecule has 0 bridgehead atoms. The maximum absolute atomic E-state index is 13.5. The first-order valence-electron chi connectivity index (χ1n) is 10.5. The van der Waals surface area contributed by atoms with Crippen molar-refractivity contribution in [2.24, 2.45) is 5.92 Å². The van der Waals surface area contributed by atoms with Crippen LogP contribution in [0.2, 0.25) is 0 Å². The van der Waals surface area contributed by atoms with Gasteiger partial charge in [-0.3, -0.25) is 4.79 Å². The number of nitrogens with one attached hydrogen (secondary N) is 1. The summed E-state index contributed by atoms with van der Waals surface area (Å²) < 4.78 is 33.6. The second kappa shape index (κ2) is 8.96. The third kappa shape index (κ3) is 5.62. The summed E-state index contributed by atoms with van der Waals surface area (Å²) in [6.45, 7) is 9.88. The van der Waals surface area contributed by atoms with Crippen LogP contribution >= 0.6 is 0 Å². The van der Waals surface area contributed by atoms with E-state index < -0.39 is 10.0 Å². The third-order valence-electron chi connectivity index (χ3n) is 5.19.